The van der Waals surface area contributed by atoms with Crippen LogP contribution in [0, 0.1) is 0 Å². The van der Waals surface area contributed by atoms with Crippen LogP contribution in [0.15, 0.2) is 61.1 Å². The molecule has 25 heavy (non-hydrogen) atoms. The molecule has 3 heterocycles. The first kappa shape index (κ1) is 14.4. The molecule has 5 heteroatoms. The zero-order valence-electron chi connectivity index (χ0n) is 13.8. The van der Waals surface area contributed by atoms with Gasteiger partial charge in [-0.1, -0.05) is 42.5 Å². The van der Waals surface area contributed by atoms with Gasteiger partial charge in [0, 0.05) is 31.0 Å². The first-order valence-electron chi connectivity index (χ1n) is 8.55. The van der Waals surface area contributed by atoms with Gasteiger partial charge >= 0.3 is 0 Å². The zero-order chi connectivity index (χ0) is 16.6. The molecule has 2 aromatic heterocycles. The summed E-state index contributed by atoms with van der Waals surface area (Å²) in [5, 5.41) is 2.47. The van der Waals surface area contributed by atoms with Crippen LogP contribution in [0.2, 0.25) is 0 Å². The van der Waals surface area contributed by atoms with Crippen molar-refractivity contribution in [3.8, 4) is 11.3 Å². The van der Waals surface area contributed by atoms with Gasteiger partial charge in [-0.15, -0.1) is 0 Å². The van der Waals surface area contributed by atoms with E-state index >= 15 is 0 Å². The monoisotopic (exact) mass is 330 g/mol. The van der Waals surface area contributed by atoms with Crippen molar-refractivity contribution in [2.24, 2.45) is 0 Å². The molecule has 124 valence electrons. The average Bonchev–Trinajstić information content (AvgIpc) is 3.12. The average molecular weight is 330 g/mol. The quantitative estimate of drug-likeness (QED) is 0.565. The van der Waals surface area contributed by atoms with Crippen molar-refractivity contribution in [3.05, 3.63) is 61.1 Å². The van der Waals surface area contributed by atoms with Crippen LogP contribution in [0.1, 0.15) is 0 Å². The van der Waals surface area contributed by atoms with E-state index in [0.29, 0.717) is 0 Å². The number of hydrogen-bond acceptors (Lipinski definition) is 4. The van der Waals surface area contributed by atoms with E-state index in [-0.39, 0.29) is 0 Å². The summed E-state index contributed by atoms with van der Waals surface area (Å²) in [6.45, 7) is 3.17. The van der Waals surface area contributed by atoms with Crippen molar-refractivity contribution in [1.82, 2.24) is 14.4 Å². The number of nitrogens with zero attached hydrogens (tertiary/aromatic N) is 4. The second kappa shape index (κ2) is 5.86. The van der Waals surface area contributed by atoms with Gasteiger partial charge in [0.05, 0.1) is 25.1 Å². The largest absolute Gasteiger partial charge is 0.378 e. The van der Waals surface area contributed by atoms with Crippen LogP contribution in [-0.2, 0) is 4.74 Å². The lowest BCUT2D eigenvalue weighted by atomic mass is 10.0. The Kier molecular flexibility index (Phi) is 3.38. The van der Waals surface area contributed by atoms with Crippen LogP contribution in [-0.4, -0.2) is 40.7 Å². The highest BCUT2D eigenvalue weighted by Gasteiger charge is 2.18. The maximum absolute atomic E-state index is 5.46. The van der Waals surface area contributed by atoms with Gasteiger partial charge < -0.3 is 9.64 Å². The lowest BCUT2D eigenvalue weighted by Crippen LogP contribution is -2.37. The Bertz CT molecular complexity index is 1040. The fourth-order valence-corrected chi connectivity index (χ4v) is 3.55. The van der Waals surface area contributed by atoms with Crippen molar-refractivity contribution in [2.75, 3.05) is 31.2 Å². The Morgan fingerprint density at radius 1 is 0.920 bits per heavy atom. The Balaban J connectivity index is 1.70. The van der Waals surface area contributed by atoms with Crippen molar-refractivity contribution < 1.29 is 4.74 Å². The summed E-state index contributed by atoms with van der Waals surface area (Å²) in [7, 11) is 0. The highest BCUT2D eigenvalue weighted by atomic mass is 16.5. The molecule has 0 amide bonds. The molecule has 1 saturated heterocycles. The second-order valence-electron chi connectivity index (χ2n) is 6.21. The summed E-state index contributed by atoms with van der Waals surface area (Å²) < 4.78 is 7.60. The summed E-state index contributed by atoms with van der Waals surface area (Å²) in [6.07, 6.45) is 5.79. The minimum atomic E-state index is 0.736. The Morgan fingerprint density at radius 2 is 1.76 bits per heavy atom. The molecule has 0 saturated carbocycles. The molecule has 4 aromatic rings. The maximum Gasteiger partial charge on any atom is 0.180 e. The van der Waals surface area contributed by atoms with Gasteiger partial charge in [0.1, 0.15) is 0 Å². The topological polar surface area (TPSA) is 42.7 Å². The summed E-state index contributed by atoms with van der Waals surface area (Å²) in [6, 6.07) is 14.8. The van der Waals surface area contributed by atoms with Gasteiger partial charge in [0.2, 0.25) is 0 Å². The molecule has 0 radical (unpaired) electrons. The van der Waals surface area contributed by atoms with Crippen LogP contribution in [0.4, 0.5) is 5.82 Å². The first-order chi connectivity index (χ1) is 12.4. The number of imidazole rings is 1. The van der Waals surface area contributed by atoms with E-state index in [2.05, 4.69) is 56.7 Å². The Morgan fingerprint density at radius 3 is 2.68 bits per heavy atom. The predicted molar refractivity (Wildman–Crippen MR) is 99.0 cm³/mol. The Hall–Kier alpha value is -2.92. The molecule has 0 unspecified atom stereocenters. The Labute approximate surface area is 145 Å². The van der Waals surface area contributed by atoms with Crippen LogP contribution < -0.4 is 4.90 Å². The molecule has 2 aromatic carbocycles. The minimum absolute atomic E-state index is 0.736. The fourth-order valence-electron chi connectivity index (χ4n) is 3.55. The first-order valence-corrected chi connectivity index (χ1v) is 8.55. The summed E-state index contributed by atoms with van der Waals surface area (Å²) in [5.41, 5.74) is 3.17. The van der Waals surface area contributed by atoms with Gasteiger partial charge in [-0.2, -0.15) is 0 Å². The molecule has 0 spiro atoms. The van der Waals surface area contributed by atoms with Crippen molar-refractivity contribution >= 4 is 22.2 Å². The van der Waals surface area contributed by atoms with E-state index in [1.807, 2.05) is 18.6 Å². The lowest BCUT2D eigenvalue weighted by Gasteiger charge is -2.27. The SMILES string of the molecule is c1ccc2c(-c3cnc4c(N5CCOCC5)nccn34)cccc2c1. The molecule has 0 aliphatic carbocycles. The molecular formula is C20H18N4O. The number of ether oxygens (including phenoxy) is 1. The molecule has 0 bridgehead atoms. The molecule has 1 aliphatic heterocycles. The number of hydrogen-bond donors (Lipinski definition) is 0. The third-order valence-electron chi connectivity index (χ3n) is 4.79. The highest BCUT2D eigenvalue weighted by molar-refractivity contribution is 5.96. The summed E-state index contributed by atoms with van der Waals surface area (Å²) >= 11 is 0. The second-order valence-corrected chi connectivity index (χ2v) is 6.21. The molecule has 1 fully saturated rings. The number of rotatable bonds is 2. The van der Waals surface area contributed by atoms with E-state index in [1.165, 1.54) is 16.3 Å². The van der Waals surface area contributed by atoms with E-state index in [0.717, 1.165) is 43.5 Å². The van der Waals surface area contributed by atoms with E-state index in [9.17, 15) is 0 Å². The van der Waals surface area contributed by atoms with Crippen LogP contribution in [0.25, 0.3) is 27.7 Å². The highest BCUT2D eigenvalue weighted by Crippen LogP contribution is 2.30. The molecule has 1 aliphatic rings. The molecule has 0 atom stereocenters. The number of benzene rings is 2. The number of aromatic nitrogens is 3. The van der Waals surface area contributed by atoms with Crippen LogP contribution in [0.3, 0.4) is 0 Å². The smallest absolute Gasteiger partial charge is 0.180 e. The van der Waals surface area contributed by atoms with Gasteiger partial charge in [0.15, 0.2) is 11.5 Å². The molecular weight excluding hydrogens is 312 g/mol. The normalized spacial score (nSPS) is 15.1. The van der Waals surface area contributed by atoms with E-state index in [4.69, 9.17) is 9.72 Å². The van der Waals surface area contributed by atoms with Crippen molar-refractivity contribution in [3.63, 3.8) is 0 Å². The van der Waals surface area contributed by atoms with Crippen LogP contribution in [0.5, 0.6) is 0 Å². The zero-order valence-corrected chi connectivity index (χ0v) is 13.8. The van der Waals surface area contributed by atoms with Crippen molar-refractivity contribution in [2.45, 2.75) is 0 Å². The molecule has 0 N–H and O–H groups in total. The third kappa shape index (κ3) is 2.36. The number of fused-ring (bicyclic) bond motifs is 2. The summed E-state index contributed by atoms with van der Waals surface area (Å²) in [5.74, 6) is 0.928. The molecule has 5 rings (SSSR count). The van der Waals surface area contributed by atoms with E-state index < -0.39 is 0 Å². The third-order valence-corrected chi connectivity index (χ3v) is 4.79. The lowest BCUT2D eigenvalue weighted by molar-refractivity contribution is 0.122. The fraction of sp³-hybridized carbons (Fsp3) is 0.200. The number of anilines is 1. The predicted octanol–water partition coefficient (Wildman–Crippen LogP) is 3.39. The standard InChI is InChI=1S/C20H18N4O/c1-2-6-16-15(4-1)5-3-7-17(16)18-14-22-20-19(21-8-9-24(18)20)23-10-12-25-13-11-23/h1-9,14H,10-13H2. The van der Waals surface area contributed by atoms with Gasteiger partial charge in [0.25, 0.3) is 0 Å². The molecule has 5 nitrogen and oxygen atoms in total. The maximum atomic E-state index is 5.46. The van der Waals surface area contributed by atoms with Gasteiger partial charge in [-0.25, -0.2) is 9.97 Å². The van der Waals surface area contributed by atoms with Gasteiger partial charge in [-0.05, 0) is 10.8 Å². The number of morpholine rings is 1. The van der Waals surface area contributed by atoms with E-state index in [1.54, 1.807) is 0 Å². The summed E-state index contributed by atoms with van der Waals surface area (Å²) in [4.78, 5) is 11.5. The minimum Gasteiger partial charge on any atom is -0.378 e. The van der Waals surface area contributed by atoms with Crippen molar-refractivity contribution in [1.29, 1.82) is 0 Å². The van der Waals surface area contributed by atoms with Crippen LogP contribution >= 0.6 is 0 Å². The van der Waals surface area contributed by atoms with Gasteiger partial charge in [-0.3, -0.25) is 4.40 Å².